The molecule has 5 heteroatoms. The highest BCUT2D eigenvalue weighted by Gasteiger charge is 2.37. The Bertz CT molecular complexity index is 554. The number of nitrogens with one attached hydrogen (secondary N) is 1. The summed E-state index contributed by atoms with van der Waals surface area (Å²) in [6.45, 7) is 0. The molecule has 1 aromatic carbocycles. The SMILES string of the molecule is NC1CC1NS(=O)(=O)c1ccc2c(c1)CCC2. The highest BCUT2D eigenvalue weighted by Crippen LogP contribution is 2.26. The standard InChI is InChI=1S/C12H16N2O2S/c13-11-7-12(11)14-17(15,16)10-5-4-8-2-1-3-9(8)6-10/h4-6,11-12,14H,1-3,7,13H2. The van der Waals surface area contributed by atoms with E-state index in [1.165, 1.54) is 11.1 Å². The second-order valence-electron chi connectivity index (χ2n) is 4.91. The van der Waals surface area contributed by atoms with E-state index in [1.54, 1.807) is 12.1 Å². The van der Waals surface area contributed by atoms with Gasteiger partial charge in [0.2, 0.25) is 10.0 Å². The largest absolute Gasteiger partial charge is 0.326 e. The lowest BCUT2D eigenvalue weighted by Gasteiger charge is -2.07. The molecule has 0 spiro atoms. The van der Waals surface area contributed by atoms with Gasteiger partial charge in [0.1, 0.15) is 0 Å². The molecule has 0 aliphatic heterocycles. The maximum Gasteiger partial charge on any atom is 0.240 e. The van der Waals surface area contributed by atoms with Crippen molar-refractivity contribution >= 4 is 10.0 Å². The van der Waals surface area contributed by atoms with Crippen molar-refractivity contribution in [3.63, 3.8) is 0 Å². The molecular weight excluding hydrogens is 236 g/mol. The van der Waals surface area contributed by atoms with Crippen LogP contribution in [0.1, 0.15) is 24.0 Å². The van der Waals surface area contributed by atoms with Crippen LogP contribution in [0.5, 0.6) is 0 Å². The number of nitrogens with two attached hydrogens (primary N) is 1. The quantitative estimate of drug-likeness (QED) is 0.825. The molecule has 2 atom stereocenters. The van der Waals surface area contributed by atoms with Crippen LogP contribution in [0.4, 0.5) is 0 Å². The van der Waals surface area contributed by atoms with Gasteiger partial charge in [-0.2, -0.15) is 0 Å². The van der Waals surface area contributed by atoms with E-state index in [-0.39, 0.29) is 12.1 Å². The Morgan fingerprint density at radius 1 is 1.24 bits per heavy atom. The maximum absolute atomic E-state index is 12.1. The first-order chi connectivity index (χ1) is 8.06. The average molecular weight is 252 g/mol. The van der Waals surface area contributed by atoms with Crippen molar-refractivity contribution in [2.24, 2.45) is 5.73 Å². The molecule has 3 rings (SSSR count). The summed E-state index contributed by atoms with van der Waals surface area (Å²) in [5.41, 5.74) is 8.07. The Balaban J connectivity index is 1.88. The van der Waals surface area contributed by atoms with Crippen molar-refractivity contribution in [2.45, 2.75) is 42.7 Å². The Morgan fingerprint density at radius 3 is 2.65 bits per heavy atom. The van der Waals surface area contributed by atoms with E-state index in [2.05, 4.69) is 4.72 Å². The molecule has 1 saturated carbocycles. The van der Waals surface area contributed by atoms with E-state index in [1.807, 2.05) is 6.07 Å². The lowest BCUT2D eigenvalue weighted by Crippen LogP contribution is -2.29. The van der Waals surface area contributed by atoms with Crippen LogP contribution in [0.25, 0.3) is 0 Å². The van der Waals surface area contributed by atoms with Gasteiger partial charge in [-0.05, 0) is 48.9 Å². The number of sulfonamides is 1. The zero-order valence-corrected chi connectivity index (χ0v) is 10.3. The summed E-state index contributed by atoms with van der Waals surface area (Å²) in [5.74, 6) is 0. The number of aryl methyl sites for hydroxylation is 2. The highest BCUT2D eigenvalue weighted by molar-refractivity contribution is 7.89. The third kappa shape index (κ3) is 2.10. The molecule has 2 unspecified atom stereocenters. The minimum Gasteiger partial charge on any atom is -0.326 e. The van der Waals surface area contributed by atoms with Gasteiger partial charge in [0, 0.05) is 12.1 Å². The Morgan fingerprint density at radius 2 is 1.94 bits per heavy atom. The average Bonchev–Trinajstić information content (AvgIpc) is 2.81. The van der Waals surface area contributed by atoms with Gasteiger partial charge in [-0.1, -0.05) is 6.07 Å². The number of benzene rings is 1. The Hall–Kier alpha value is -0.910. The van der Waals surface area contributed by atoms with Gasteiger partial charge in [-0.25, -0.2) is 13.1 Å². The van der Waals surface area contributed by atoms with Crippen molar-refractivity contribution in [1.82, 2.24) is 4.72 Å². The predicted molar refractivity (Wildman–Crippen MR) is 65.2 cm³/mol. The number of fused-ring (bicyclic) bond motifs is 1. The molecule has 17 heavy (non-hydrogen) atoms. The zero-order valence-electron chi connectivity index (χ0n) is 9.52. The maximum atomic E-state index is 12.1. The third-order valence-corrected chi connectivity index (χ3v) is 5.01. The van der Waals surface area contributed by atoms with Crippen LogP contribution in [0.2, 0.25) is 0 Å². The summed E-state index contributed by atoms with van der Waals surface area (Å²) in [7, 11) is -3.38. The predicted octanol–water partition coefficient (Wildman–Crippen LogP) is 0.553. The molecular formula is C12H16N2O2S. The van der Waals surface area contributed by atoms with Crippen LogP contribution in [-0.4, -0.2) is 20.5 Å². The fourth-order valence-electron chi connectivity index (χ4n) is 2.33. The monoisotopic (exact) mass is 252 g/mol. The summed E-state index contributed by atoms with van der Waals surface area (Å²) in [4.78, 5) is 0.372. The molecule has 0 aromatic heterocycles. The molecule has 0 heterocycles. The fourth-order valence-corrected chi connectivity index (χ4v) is 3.68. The van der Waals surface area contributed by atoms with Crippen LogP contribution in [0.15, 0.2) is 23.1 Å². The van der Waals surface area contributed by atoms with Crippen LogP contribution < -0.4 is 10.5 Å². The number of rotatable bonds is 3. The highest BCUT2D eigenvalue weighted by atomic mass is 32.2. The Labute approximate surface area is 101 Å². The van der Waals surface area contributed by atoms with Crippen molar-refractivity contribution in [3.8, 4) is 0 Å². The first-order valence-electron chi connectivity index (χ1n) is 5.96. The summed E-state index contributed by atoms with van der Waals surface area (Å²) < 4.78 is 26.8. The van der Waals surface area contributed by atoms with E-state index in [0.717, 1.165) is 25.7 Å². The molecule has 3 N–H and O–H groups in total. The van der Waals surface area contributed by atoms with Gasteiger partial charge >= 0.3 is 0 Å². The lowest BCUT2D eigenvalue weighted by molar-refractivity contribution is 0.579. The molecule has 0 radical (unpaired) electrons. The number of hydrogen-bond donors (Lipinski definition) is 2. The molecule has 92 valence electrons. The van der Waals surface area contributed by atoms with Crippen molar-refractivity contribution in [3.05, 3.63) is 29.3 Å². The van der Waals surface area contributed by atoms with Crippen LogP contribution in [-0.2, 0) is 22.9 Å². The molecule has 2 aliphatic rings. The molecule has 4 nitrogen and oxygen atoms in total. The van der Waals surface area contributed by atoms with Crippen molar-refractivity contribution in [1.29, 1.82) is 0 Å². The van der Waals surface area contributed by atoms with Crippen LogP contribution >= 0.6 is 0 Å². The van der Waals surface area contributed by atoms with Crippen molar-refractivity contribution in [2.75, 3.05) is 0 Å². The van der Waals surface area contributed by atoms with E-state index in [9.17, 15) is 8.42 Å². The first kappa shape index (κ1) is 11.2. The molecule has 0 saturated heterocycles. The summed E-state index contributed by atoms with van der Waals surface area (Å²) in [5, 5.41) is 0. The van der Waals surface area contributed by atoms with Gasteiger partial charge in [-0.15, -0.1) is 0 Å². The van der Waals surface area contributed by atoms with Crippen molar-refractivity contribution < 1.29 is 8.42 Å². The molecule has 1 aromatic rings. The number of hydrogen-bond acceptors (Lipinski definition) is 3. The lowest BCUT2D eigenvalue weighted by atomic mass is 10.1. The molecule has 0 bridgehead atoms. The zero-order chi connectivity index (χ0) is 12.0. The molecule has 1 fully saturated rings. The smallest absolute Gasteiger partial charge is 0.240 e. The van der Waals surface area contributed by atoms with Gasteiger partial charge in [0.05, 0.1) is 4.90 Å². The van der Waals surface area contributed by atoms with E-state index < -0.39 is 10.0 Å². The van der Waals surface area contributed by atoms with Gasteiger partial charge in [0.15, 0.2) is 0 Å². The second kappa shape index (κ2) is 3.80. The fraction of sp³-hybridized carbons (Fsp3) is 0.500. The van der Waals surface area contributed by atoms with E-state index in [4.69, 9.17) is 5.73 Å². The topological polar surface area (TPSA) is 72.2 Å². The summed E-state index contributed by atoms with van der Waals surface area (Å²) >= 11 is 0. The van der Waals surface area contributed by atoms with Gasteiger partial charge in [0.25, 0.3) is 0 Å². The first-order valence-corrected chi connectivity index (χ1v) is 7.44. The van der Waals surface area contributed by atoms with E-state index in [0.29, 0.717) is 4.90 Å². The van der Waals surface area contributed by atoms with Gasteiger partial charge < -0.3 is 5.73 Å². The summed E-state index contributed by atoms with van der Waals surface area (Å²) in [6.07, 6.45) is 3.92. The minimum atomic E-state index is -3.38. The van der Waals surface area contributed by atoms with Gasteiger partial charge in [-0.3, -0.25) is 0 Å². The molecule has 0 amide bonds. The third-order valence-electron chi connectivity index (χ3n) is 3.53. The normalized spacial score (nSPS) is 26.9. The molecule has 2 aliphatic carbocycles. The summed E-state index contributed by atoms with van der Waals surface area (Å²) in [6, 6.07) is 5.34. The van der Waals surface area contributed by atoms with Crippen LogP contribution in [0.3, 0.4) is 0 Å². The second-order valence-corrected chi connectivity index (χ2v) is 6.63. The van der Waals surface area contributed by atoms with E-state index >= 15 is 0 Å². The minimum absolute atomic E-state index is 0.0146. The Kier molecular flexibility index (Phi) is 2.50. The van der Waals surface area contributed by atoms with Crippen LogP contribution in [0, 0.1) is 0 Å².